The molecule has 0 atom stereocenters. The van der Waals surface area contributed by atoms with Gasteiger partial charge in [-0.05, 0) is 29.5 Å². The van der Waals surface area contributed by atoms with Gasteiger partial charge in [0.2, 0.25) is 0 Å². The molecule has 2 heterocycles. The van der Waals surface area contributed by atoms with Crippen molar-refractivity contribution in [2.45, 2.75) is 19.8 Å². The Bertz CT molecular complexity index is 417. The summed E-state index contributed by atoms with van der Waals surface area (Å²) in [6.07, 6.45) is 3.41. The van der Waals surface area contributed by atoms with E-state index in [1.165, 1.54) is 11.1 Å². The molecule has 0 bridgehead atoms. The molecule has 1 aromatic rings. The molecule has 0 fully saturated rings. The molecule has 0 amide bonds. The van der Waals surface area contributed by atoms with Gasteiger partial charge in [-0.15, -0.1) is 16.6 Å². The number of nitrogens with zero attached hydrogens (tertiary/aromatic N) is 4. The van der Waals surface area contributed by atoms with Gasteiger partial charge < -0.3 is 5.11 Å². The Balaban J connectivity index is 1.89. The summed E-state index contributed by atoms with van der Waals surface area (Å²) >= 11 is 1.76. The highest BCUT2D eigenvalue weighted by Crippen LogP contribution is 2.12. The monoisotopic (exact) mass is 267 g/mol. The van der Waals surface area contributed by atoms with Crippen LogP contribution in [0.25, 0.3) is 0 Å². The van der Waals surface area contributed by atoms with E-state index in [1.54, 1.807) is 16.6 Å². The fourth-order valence-corrected chi connectivity index (χ4v) is 2.35. The van der Waals surface area contributed by atoms with Gasteiger partial charge in [-0.3, -0.25) is 5.43 Å². The van der Waals surface area contributed by atoms with Crippen LogP contribution in [-0.4, -0.2) is 28.4 Å². The molecule has 0 saturated carbocycles. The predicted octanol–water partition coefficient (Wildman–Crippen LogP) is 2.46. The molecule has 0 aliphatic carbocycles. The lowest BCUT2D eigenvalue weighted by molar-refractivity contribution is -0.0690. The maximum atomic E-state index is 9.11. The van der Waals surface area contributed by atoms with Gasteiger partial charge in [0.15, 0.2) is 0 Å². The van der Waals surface area contributed by atoms with Gasteiger partial charge in [0.25, 0.3) is 5.88 Å². The average molecular weight is 267 g/mol. The second-order valence-electron chi connectivity index (χ2n) is 3.89. The Kier molecular flexibility index (Phi) is 4.54. The van der Waals surface area contributed by atoms with Crippen molar-refractivity contribution < 1.29 is 5.11 Å². The van der Waals surface area contributed by atoms with E-state index in [0.29, 0.717) is 0 Å². The van der Waals surface area contributed by atoms with E-state index in [2.05, 4.69) is 45.2 Å². The van der Waals surface area contributed by atoms with Crippen LogP contribution in [0.3, 0.4) is 0 Å². The van der Waals surface area contributed by atoms with Crippen LogP contribution < -0.4 is 5.43 Å². The molecule has 2 rings (SSSR count). The van der Waals surface area contributed by atoms with E-state index in [9.17, 15) is 0 Å². The summed E-state index contributed by atoms with van der Waals surface area (Å²) in [5.41, 5.74) is 2.87. The number of aliphatic hydroxyl groups is 1. The Morgan fingerprint density at radius 1 is 1.50 bits per heavy atom. The van der Waals surface area contributed by atoms with Crippen LogP contribution in [0.2, 0.25) is 0 Å². The van der Waals surface area contributed by atoms with Crippen LogP contribution in [0, 0.1) is 0 Å². The van der Waals surface area contributed by atoms with Gasteiger partial charge in [-0.1, -0.05) is 18.1 Å². The minimum atomic E-state index is -0.110. The standard InChI is InChI=1S/C11H17N5OS/c1-2-6-15(7-5-10-4-3-8-18-10)16-12-9-11(17)13-14-16/h3-4,8-9,12,17H,2,5-7H2,1H3. The van der Waals surface area contributed by atoms with E-state index in [-0.39, 0.29) is 5.88 Å². The van der Waals surface area contributed by atoms with E-state index < -0.39 is 0 Å². The number of thiophene rings is 1. The third-order valence-corrected chi connectivity index (χ3v) is 3.42. The third kappa shape index (κ3) is 3.44. The number of aliphatic hydroxyl groups excluding tert-OH is 1. The normalized spacial score (nSPS) is 14.8. The largest absolute Gasteiger partial charge is 0.491 e. The first-order valence-corrected chi connectivity index (χ1v) is 6.82. The zero-order chi connectivity index (χ0) is 12.8. The Morgan fingerprint density at radius 3 is 3.00 bits per heavy atom. The summed E-state index contributed by atoms with van der Waals surface area (Å²) < 4.78 is 0. The van der Waals surface area contributed by atoms with Crippen molar-refractivity contribution in [3.05, 3.63) is 34.5 Å². The molecule has 98 valence electrons. The van der Waals surface area contributed by atoms with Gasteiger partial charge in [-0.25, -0.2) is 0 Å². The lowest BCUT2D eigenvalue weighted by Gasteiger charge is -2.31. The van der Waals surface area contributed by atoms with Gasteiger partial charge >= 0.3 is 0 Å². The van der Waals surface area contributed by atoms with Gasteiger partial charge in [-0.2, -0.15) is 5.01 Å². The molecule has 2 N–H and O–H groups in total. The second-order valence-corrected chi connectivity index (χ2v) is 4.93. The molecule has 6 nitrogen and oxygen atoms in total. The fraction of sp³-hybridized carbons (Fsp3) is 0.455. The summed E-state index contributed by atoms with van der Waals surface area (Å²) in [7, 11) is 0. The molecule has 7 heteroatoms. The Morgan fingerprint density at radius 2 is 2.39 bits per heavy atom. The van der Waals surface area contributed by atoms with Crippen molar-refractivity contribution in [2.24, 2.45) is 10.3 Å². The van der Waals surface area contributed by atoms with Crippen molar-refractivity contribution in [3.8, 4) is 0 Å². The summed E-state index contributed by atoms with van der Waals surface area (Å²) in [6, 6.07) is 4.19. The number of hydrogen-bond donors (Lipinski definition) is 2. The number of nitrogens with one attached hydrogen (secondary N) is 1. The van der Waals surface area contributed by atoms with Crippen molar-refractivity contribution in [2.75, 3.05) is 13.1 Å². The van der Waals surface area contributed by atoms with Crippen LogP contribution in [0.15, 0.2) is 39.9 Å². The van der Waals surface area contributed by atoms with Gasteiger partial charge in [0, 0.05) is 18.0 Å². The predicted molar refractivity (Wildman–Crippen MR) is 70.4 cm³/mol. The highest BCUT2D eigenvalue weighted by molar-refractivity contribution is 7.09. The average Bonchev–Trinajstić information content (AvgIpc) is 2.89. The molecule has 1 aliphatic heterocycles. The van der Waals surface area contributed by atoms with E-state index in [1.807, 2.05) is 0 Å². The SMILES string of the molecule is CCCN(CCc1cccs1)N1N=NC(O)=CN1. The summed E-state index contributed by atoms with van der Waals surface area (Å²) in [6.45, 7) is 3.85. The molecular weight excluding hydrogens is 250 g/mol. The van der Waals surface area contributed by atoms with Crippen LogP contribution in [-0.2, 0) is 6.42 Å². The third-order valence-electron chi connectivity index (χ3n) is 2.49. The van der Waals surface area contributed by atoms with Crippen LogP contribution in [0.5, 0.6) is 0 Å². The first-order chi connectivity index (χ1) is 8.79. The summed E-state index contributed by atoms with van der Waals surface area (Å²) in [5.74, 6) is -0.110. The van der Waals surface area contributed by atoms with Crippen LogP contribution in [0.1, 0.15) is 18.2 Å². The van der Waals surface area contributed by atoms with Crippen molar-refractivity contribution in [1.29, 1.82) is 0 Å². The molecule has 0 unspecified atom stereocenters. The number of hydrogen-bond acceptors (Lipinski definition) is 7. The molecule has 18 heavy (non-hydrogen) atoms. The van der Waals surface area contributed by atoms with Gasteiger partial charge in [0.1, 0.15) is 0 Å². The molecule has 0 aromatic carbocycles. The molecular formula is C11H17N5OS. The number of rotatable bonds is 6. The summed E-state index contributed by atoms with van der Waals surface area (Å²) in [5, 5.41) is 22.3. The molecule has 0 radical (unpaired) electrons. The maximum Gasteiger partial charge on any atom is 0.250 e. The van der Waals surface area contributed by atoms with Gasteiger partial charge in [0.05, 0.1) is 6.20 Å². The topological polar surface area (TPSA) is 63.5 Å². The van der Waals surface area contributed by atoms with Crippen LogP contribution in [0.4, 0.5) is 0 Å². The van der Waals surface area contributed by atoms with E-state index in [0.717, 1.165) is 25.9 Å². The highest BCUT2D eigenvalue weighted by atomic mass is 32.1. The molecule has 0 spiro atoms. The van der Waals surface area contributed by atoms with Crippen LogP contribution >= 0.6 is 11.3 Å². The molecule has 0 saturated heterocycles. The van der Waals surface area contributed by atoms with E-state index >= 15 is 0 Å². The smallest absolute Gasteiger partial charge is 0.250 e. The lowest BCUT2D eigenvalue weighted by atomic mass is 10.3. The van der Waals surface area contributed by atoms with Crippen molar-refractivity contribution in [3.63, 3.8) is 0 Å². The summed E-state index contributed by atoms with van der Waals surface area (Å²) in [4.78, 5) is 1.35. The van der Waals surface area contributed by atoms with E-state index in [4.69, 9.17) is 5.11 Å². The van der Waals surface area contributed by atoms with Crippen molar-refractivity contribution in [1.82, 2.24) is 15.7 Å². The lowest BCUT2D eigenvalue weighted by Crippen LogP contribution is -2.47. The Labute approximate surface area is 110 Å². The minimum absolute atomic E-state index is 0.110. The first-order valence-electron chi connectivity index (χ1n) is 5.94. The maximum absolute atomic E-state index is 9.11. The molecule has 1 aliphatic rings. The molecule has 1 aromatic heterocycles. The minimum Gasteiger partial charge on any atom is -0.491 e. The quantitative estimate of drug-likeness (QED) is 0.831. The number of hydrazine groups is 2. The first kappa shape index (κ1) is 12.8. The zero-order valence-corrected chi connectivity index (χ0v) is 11.1. The fourth-order valence-electron chi connectivity index (χ4n) is 1.65. The van der Waals surface area contributed by atoms with Crippen molar-refractivity contribution >= 4 is 11.3 Å². The zero-order valence-electron chi connectivity index (χ0n) is 10.3. The second kappa shape index (κ2) is 6.36. The highest BCUT2D eigenvalue weighted by Gasteiger charge is 2.15. The Hall–Kier alpha value is -1.60.